The summed E-state index contributed by atoms with van der Waals surface area (Å²) < 4.78 is 24.4. The Labute approximate surface area is 188 Å². The zero-order chi connectivity index (χ0) is 21.8. The van der Waals surface area contributed by atoms with E-state index in [2.05, 4.69) is 43.8 Å². The second-order valence-electron chi connectivity index (χ2n) is 8.77. The molecule has 31 heavy (non-hydrogen) atoms. The van der Waals surface area contributed by atoms with Gasteiger partial charge < -0.3 is 9.80 Å². The zero-order valence-corrected chi connectivity index (χ0v) is 19.3. The molecule has 1 saturated heterocycles. The third kappa shape index (κ3) is 3.80. The van der Waals surface area contributed by atoms with Crippen molar-refractivity contribution in [3.05, 3.63) is 46.1 Å². The fourth-order valence-corrected chi connectivity index (χ4v) is 6.24. The zero-order valence-electron chi connectivity index (χ0n) is 17.8. The number of aromatic nitrogens is 3. The van der Waals surface area contributed by atoms with Crippen LogP contribution in [0.25, 0.3) is 6.08 Å². The Kier molecular flexibility index (Phi) is 5.17. The van der Waals surface area contributed by atoms with Gasteiger partial charge in [-0.25, -0.2) is 23.4 Å². The van der Waals surface area contributed by atoms with E-state index in [0.29, 0.717) is 24.7 Å². The van der Waals surface area contributed by atoms with Crippen LogP contribution < -0.4 is 9.80 Å². The van der Waals surface area contributed by atoms with E-state index in [4.69, 9.17) is 11.6 Å². The molecular formula is C22H26ClN5O2S. The predicted octanol–water partition coefficient (Wildman–Crippen LogP) is 3.06. The molecule has 1 unspecified atom stereocenters. The number of fused-ring (bicyclic) bond motifs is 2. The molecule has 3 aliphatic rings. The van der Waals surface area contributed by atoms with Crippen molar-refractivity contribution >= 4 is 39.0 Å². The number of hydrogen-bond acceptors (Lipinski definition) is 7. The van der Waals surface area contributed by atoms with Crippen LogP contribution in [0.1, 0.15) is 42.3 Å². The quantitative estimate of drug-likeness (QED) is 0.652. The van der Waals surface area contributed by atoms with E-state index in [1.54, 1.807) is 6.33 Å². The van der Waals surface area contributed by atoms with Crippen LogP contribution >= 0.6 is 11.6 Å². The Hall–Kier alpha value is -2.19. The van der Waals surface area contributed by atoms with Gasteiger partial charge in [0.2, 0.25) is 0 Å². The van der Waals surface area contributed by atoms with E-state index in [1.165, 1.54) is 6.26 Å². The Bertz CT molecular complexity index is 1170. The number of piperidine rings is 1. The number of pyridine rings is 1. The van der Waals surface area contributed by atoms with E-state index in [1.807, 2.05) is 6.07 Å². The number of nitrogens with zero attached hydrogens (tertiary/aromatic N) is 5. The molecule has 2 aromatic rings. The van der Waals surface area contributed by atoms with Gasteiger partial charge in [-0.05, 0) is 25.8 Å². The standard InChI is InChI=1S/C22H26ClN5O2S/c1-14-9-19-17(12-28(14)20-10-21(23)26-18-7-3-6-16(18)20)22(25-13-24-19)27-8-4-5-15(11-27)31(2,29)30/h3,6,10,13-15H,4-5,7-9,11-12H2,1-2H3/t14-,15?/m1/s1. The van der Waals surface area contributed by atoms with Crippen LogP contribution in [0.15, 0.2) is 18.5 Å². The molecule has 7 nitrogen and oxygen atoms in total. The molecule has 2 atom stereocenters. The lowest BCUT2D eigenvalue weighted by atomic mass is 9.97. The molecule has 2 aliphatic heterocycles. The summed E-state index contributed by atoms with van der Waals surface area (Å²) in [6.45, 7) is 4.15. The molecule has 0 saturated carbocycles. The minimum atomic E-state index is -3.09. The Morgan fingerprint density at radius 1 is 1.23 bits per heavy atom. The molecule has 1 aliphatic carbocycles. The first-order chi connectivity index (χ1) is 14.8. The molecule has 0 N–H and O–H groups in total. The van der Waals surface area contributed by atoms with Crippen molar-refractivity contribution in [1.29, 1.82) is 0 Å². The van der Waals surface area contributed by atoms with Crippen LogP contribution in [0.2, 0.25) is 5.15 Å². The smallest absolute Gasteiger partial charge is 0.152 e. The number of halogens is 1. The molecule has 4 heterocycles. The van der Waals surface area contributed by atoms with Gasteiger partial charge in [0.15, 0.2) is 9.84 Å². The van der Waals surface area contributed by atoms with Crippen molar-refractivity contribution in [1.82, 2.24) is 15.0 Å². The summed E-state index contributed by atoms with van der Waals surface area (Å²) in [5, 5.41) is 0.157. The van der Waals surface area contributed by atoms with E-state index in [0.717, 1.165) is 59.8 Å². The van der Waals surface area contributed by atoms with Crippen LogP contribution in [-0.2, 0) is 29.2 Å². The summed E-state index contributed by atoms with van der Waals surface area (Å²) in [6, 6.07) is 2.19. The van der Waals surface area contributed by atoms with Crippen molar-refractivity contribution < 1.29 is 8.42 Å². The van der Waals surface area contributed by atoms with E-state index >= 15 is 0 Å². The second kappa shape index (κ2) is 7.74. The van der Waals surface area contributed by atoms with Crippen molar-refractivity contribution in [2.45, 2.75) is 50.4 Å². The molecular weight excluding hydrogens is 434 g/mol. The molecule has 0 amide bonds. The van der Waals surface area contributed by atoms with Gasteiger partial charge in [-0.15, -0.1) is 0 Å². The minimum Gasteiger partial charge on any atom is -0.363 e. The van der Waals surface area contributed by atoms with Crippen molar-refractivity contribution in [3.63, 3.8) is 0 Å². The lowest BCUT2D eigenvalue weighted by Gasteiger charge is -2.40. The lowest BCUT2D eigenvalue weighted by molar-refractivity contribution is 0.528. The van der Waals surface area contributed by atoms with Gasteiger partial charge in [-0.2, -0.15) is 0 Å². The third-order valence-corrected chi connectivity index (χ3v) is 8.42. The normalized spacial score (nSPS) is 23.1. The Morgan fingerprint density at radius 3 is 2.87 bits per heavy atom. The molecule has 0 aromatic carbocycles. The highest BCUT2D eigenvalue weighted by Crippen LogP contribution is 2.38. The summed E-state index contributed by atoms with van der Waals surface area (Å²) in [7, 11) is -3.09. The molecule has 0 spiro atoms. The van der Waals surface area contributed by atoms with Gasteiger partial charge in [0.1, 0.15) is 17.3 Å². The Morgan fingerprint density at radius 2 is 2.06 bits per heavy atom. The average Bonchev–Trinajstić information content (AvgIpc) is 3.20. The second-order valence-corrected chi connectivity index (χ2v) is 11.5. The van der Waals surface area contributed by atoms with Gasteiger partial charge in [-0.1, -0.05) is 23.8 Å². The number of anilines is 2. The maximum atomic E-state index is 12.2. The number of sulfone groups is 1. The lowest BCUT2D eigenvalue weighted by Crippen LogP contribution is -2.45. The van der Waals surface area contributed by atoms with Gasteiger partial charge in [0.25, 0.3) is 0 Å². The SMILES string of the molecule is C[C@@H]1Cc2ncnc(N3CCCC(S(C)(=O)=O)C3)c2CN1c1cc(Cl)nc2c1C=CC2. The summed E-state index contributed by atoms with van der Waals surface area (Å²) >= 11 is 6.35. The number of allylic oxidation sites excluding steroid dienone is 1. The van der Waals surface area contributed by atoms with Crippen LogP contribution in [-0.4, -0.2) is 54.0 Å². The maximum absolute atomic E-state index is 12.2. The van der Waals surface area contributed by atoms with Crippen molar-refractivity contribution in [2.75, 3.05) is 29.1 Å². The van der Waals surface area contributed by atoms with Crippen molar-refractivity contribution in [3.8, 4) is 0 Å². The van der Waals surface area contributed by atoms with E-state index in [9.17, 15) is 8.42 Å². The topological polar surface area (TPSA) is 79.3 Å². The first-order valence-corrected chi connectivity index (χ1v) is 13.0. The summed E-state index contributed by atoms with van der Waals surface area (Å²) in [6.07, 6.45) is 10.3. The first-order valence-electron chi connectivity index (χ1n) is 10.7. The maximum Gasteiger partial charge on any atom is 0.152 e. The highest BCUT2D eigenvalue weighted by molar-refractivity contribution is 7.91. The summed E-state index contributed by atoms with van der Waals surface area (Å²) in [5.41, 5.74) is 5.36. The average molecular weight is 460 g/mol. The number of rotatable bonds is 3. The monoisotopic (exact) mass is 459 g/mol. The van der Waals surface area contributed by atoms with Gasteiger partial charge in [-0.3, -0.25) is 0 Å². The van der Waals surface area contributed by atoms with E-state index < -0.39 is 9.84 Å². The third-order valence-electron chi connectivity index (χ3n) is 6.63. The molecule has 2 aromatic heterocycles. The largest absolute Gasteiger partial charge is 0.363 e. The van der Waals surface area contributed by atoms with Gasteiger partial charge in [0.05, 0.1) is 16.6 Å². The van der Waals surface area contributed by atoms with Crippen LogP contribution in [0.4, 0.5) is 11.5 Å². The van der Waals surface area contributed by atoms with Crippen LogP contribution in [0.3, 0.4) is 0 Å². The summed E-state index contributed by atoms with van der Waals surface area (Å²) in [4.78, 5) is 18.2. The molecule has 0 bridgehead atoms. The fraction of sp³-hybridized carbons (Fsp3) is 0.500. The summed E-state index contributed by atoms with van der Waals surface area (Å²) in [5.74, 6) is 0.864. The van der Waals surface area contributed by atoms with Gasteiger partial charge in [0, 0.05) is 61.6 Å². The van der Waals surface area contributed by atoms with Crippen LogP contribution in [0, 0.1) is 0 Å². The molecule has 5 rings (SSSR count). The molecule has 9 heteroatoms. The van der Waals surface area contributed by atoms with Crippen LogP contribution in [0.5, 0.6) is 0 Å². The predicted molar refractivity (Wildman–Crippen MR) is 123 cm³/mol. The molecule has 1 fully saturated rings. The van der Waals surface area contributed by atoms with Crippen molar-refractivity contribution in [2.24, 2.45) is 0 Å². The first kappa shape index (κ1) is 20.7. The molecule has 0 radical (unpaired) electrons. The highest BCUT2D eigenvalue weighted by Gasteiger charge is 2.33. The highest BCUT2D eigenvalue weighted by atomic mass is 35.5. The Balaban J connectivity index is 1.52. The minimum absolute atomic E-state index is 0.247. The molecule has 164 valence electrons. The van der Waals surface area contributed by atoms with Gasteiger partial charge >= 0.3 is 0 Å². The fourth-order valence-electron chi connectivity index (χ4n) is 4.99. The van der Waals surface area contributed by atoms with E-state index in [-0.39, 0.29) is 11.3 Å². The number of hydrogen-bond donors (Lipinski definition) is 0.